The van der Waals surface area contributed by atoms with Gasteiger partial charge in [-0.1, -0.05) is 188 Å². The monoisotopic (exact) mass is 1700 g/mol. The molecule has 0 radical (unpaired) electrons. The Morgan fingerprint density at radius 1 is 0.307 bits per heavy atom. The average Bonchev–Trinajstić information content (AvgIpc) is 0.755. The Morgan fingerprint density at radius 2 is 0.583 bits per heavy atom. The molecule has 0 amide bonds. The minimum absolute atomic E-state index is 0.108. The van der Waals surface area contributed by atoms with Crippen LogP contribution in [0.1, 0.15) is 31.9 Å². The number of esters is 5. The number of ketones is 1. The molecule has 25 nitrogen and oxygen atoms in total. The molecular formula is C99H74F3N9O16. The van der Waals surface area contributed by atoms with Gasteiger partial charge in [0.25, 0.3) is 0 Å². The van der Waals surface area contributed by atoms with Gasteiger partial charge in [0.05, 0.1) is 82.0 Å². The quantitative estimate of drug-likeness (QED) is 0.0444. The fourth-order valence-corrected chi connectivity index (χ4v) is 13.8. The number of benzene rings is 8. The highest BCUT2D eigenvalue weighted by molar-refractivity contribution is 5.96. The molecule has 0 aliphatic carbocycles. The van der Waals surface area contributed by atoms with Gasteiger partial charge in [0.1, 0.15) is 57.8 Å². The van der Waals surface area contributed by atoms with Gasteiger partial charge in [-0.05, 0) is 127 Å². The number of fused-ring (bicyclic) bond motifs is 6. The van der Waals surface area contributed by atoms with Crippen molar-refractivity contribution in [1.29, 1.82) is 0 Å². The number of Topliss-reactive ketones (excluding diaryl/α,β-unsaturated/α-hetero) is 1. The standard InChI is InChI=1S/C43H32F3N3O6.C29H23N3O6.C27H19N3O4/c1-41(53-2,29-14-5-3-6-15-29)39(51)54-35-20-9-12-27-22-24-33(48-37(27)35)31-18-11-19-32(47-31)34-25-23-28-13-10-21-36(38(28)49-34)55-40(52)42(26-50,43(44,45)46)30-16-7-4-8-17-30;1-36-27(35)17-38-26-10-3-6-19-12-14-24(32-29(19)26)22-8-4-7-21(30-22)23-13-11-18-5-2-9-25(28(18)31-23)37-16-20(34)15-33;1-16(31)33-24-10-3-6-18-12-14-22(29-26(18)24)20-8-5-9-21(28-20)23-15-13-19-7-4-11-25(27(19)30-23)34-17(2)32/h3-25,50H,26H2,1-2H3;2-14,33H,15-17H2,1H3;3-15H,1-2H3/t41-,42+;;/m1../s1. The van der Waals surface area contributed by atoms with Gasteiger partial charge in [-0.25, -0.2) is 54.4 Å². The Hall–Kier alpha value is -16.0. The first-order chi connectivity index (χ1) is 61.5. The third kappa shape index (κ3) is 18.8. The molecule has 28 heteroatoms. The maximum Gasteiger partial charge on any atom is 0.411 e. The second-order valence-corrected chi connectivity index (χ2v) is 28.7. The van der Waals surface area contributed by atoms with Gasteiger partial charge in [-0.2, -0.15) is 13.2 Å². The van der Waals surface area contributed by atoms with Gasteiger partial charge < -0.3 is 48.1 Å². The number of aliphatic hydroxyl groups is 2. The highest BCUT2D eigenvalue weighted by Gasteiger charge is 2.63. The van der Waals surface area contributed by atoms with Crippen molar-refractivity contribution in [2.75, 3.05) is 40.6 Å². The molecule has 0 unspecified atom stereocenters. The van der Waals surface area contributed by atoms with Crippen LogP contribution >= 0.6 is 0 Å². The predicted molar refractivity (Wildman–Crippen MR) is 468 cm³/mol. The van der Waals surface area contributed by atoms with Crippen LogP contribution in [0.3, 0.4) is 0 Å². The van der Waals surface area contributed by atoms with Gasteiger partial charge in [0.2, 0.25) is 5.41 Å². The Morgan fingerprint density at radius 3 is 0.874 bits per heavy atom. The normalized spacial score (nSPS) is 12.2. The maximum atomic E-state index is 14.6. The average molecular weight is 1700 g/mol. The molecule has 2 N–H and O–H groups in total. The fourth-order valence-electron chi connectivity index (χ4n) is 13.8. The zero-order valence-electron chi connectivity index (χ0n) is 68.4. The zero-order valence-corrected chi connectivity index (χ0v) is 68.4. The van der Waals surface area contributed by atoms with E-state index in [2.05, 4.69) is 9.72 Å². The van der Waals surface area contributed by atoms with E-state index >= 15 is 0 Å². The third-order valence-electron chi connectivity index (χ3n) is 20.4. The van der Waals surface area contributed by atoms with Crippen molar-refractivity contribution in [3.63, 3.8) is 0 Å². The Balaban J connectivity index is 0.000000152. The number of hydrogen-bond acceptors (Lipinski definition) is 25. The summed E-state index contributed by atoms with van der Waals surface area (Å²) in [6.45, 7) is 1.74. The van der Waals surface area contributed by atoms with Crippen LogP contribution in [0.4, 0.5) is 13.2 Å². The number of halogens is 3. The van der Waals surface area contributed by atoms with Crippen LogP contribution in [0.25, 0.3) is 134 Å². The van der Waals surface area contributed by atoms with Gasteiger partial charge >= 0.3 is 36.0 Å². The van der Waals surface area contributed by atoms with E-state index in [9.17, 15) is 47.0 Å². The van der Waals surface area contributed by atoms with E-state index in [0.717, 1.165) is 33.7 Å². The number of aromatic nitrogens is 9. The van der Waals surface area contributed by atoms with Crippen molar-refractivity contribution >= 4 is 101 Å². The van der Waals surface area contributed by atoms with Crippen molar-refractivity contribution in [1.82, 2.24) is 44.9 Å². The Bertz CT molecular complexity index is 6840. The highest BCUT2D eigenvalue weighted by atomic mass is 19.4. The number of carbonyl (C=O) groups is 6. The van der Waals surface area contributed by atoms with E-state index in [1.54, 1.807) is 110 Å². The lowest BCUT2D eigenvalue weighted by Gasteiger charge is -2.32. The number of carbonyl (C=O) groups excluding carboxylic acids is 6. The molecule has 127 heavy (non-hydrogen) atoms. The van der Waals surface area contributed by atoms with Crippen LogP contribution < -0.4 is 28.4 Å². The summed E-state index contributed by atoms with van der Waals surface area (Å²) in [4.78, 5) is 116. The molecule has 0 aliphatic heterocycles. The summed E-state index contributed by atoms with van der Waals surface area (Å²) in [6.07, 6.45) is -5.18. The molecule has 17 aromatic rings. The van der Waals surface area contributed by atoms with Crippen molar-refractivity contribution in [3.05, 3.63) is 308 Å². The molecule has 0 aliphatic rings. The molecule has 632 valence electrons. The number of methoxy groups -OCH3 is 2. The van der Waals surface area contributed by atoms with Crippen LogP contribution in [-0.4, -0.2) is 138 Å². The maximum absolute atomic E-state index is 14.6. The van der Waals surface area contributed by atoms with E-state index in [1.165, 1.54) is 58.4 Å². The number of rotatable bonds is 23. The first-order valence-electron chi connectivity index (χ1n) is 39.4. The molecule has 8 aromatic carbocycles. The van der Waals surface area contributed by atoms with Crippen LogP contribution in [0, 0.1) is 0 Å². The minimum Gasteiger partial charge on any atom is -0.483 e. The lowest BCUT2D eigenvalue weighted by atomic mass is 9.80. The second kappa shape index (κ2) is 37.8. The predicted octanol–water partition coefficient (Wildman–Crippen LogP) is 17.7. The second-order valence-electron chi connectivity index (χ2n) is 28.7. The molecule has 0 fully saturated rings. The van der Waals surface area contributed by atoms with Crippen molar-refractivity contribution in [3.8, 4) is 103 Å². The molecule has 9 aromatic heterocycles. The smallest absolute Gasteiger partial charge is 0.411 e. The highest BCUT2D eigenvalue weighted by Crippen LogP contribution is 2.44. The molecular weight excluding hydrogens is 1630 g/mol. The van der Waals surface area contributed by atoms with E-state index in [0.29, 0.717) is 135 Å². The lowest BCUT2D eigenvalue weighted by Crippen LogP contribution is -2.54. The summed E-state index contributed by atoms with van der Waals surface area (Å²) in [6, 6.07) is 85.5. The number of ether oxygens (including phenoxy) is 8. The SMILES string of the molecule is CC(=O)Oc1cccc2ccc(-c3cccc(-c4ccc5cccc(OC(C)=O)c5n4)n3)nc12.COC(=O)COc1cccc2ccc(-c3cccc(-c4ccc5cccc(OCC(=O)CO)c5n4)n3)nc12.CO[C@@](C)(C(=O)Oc1cccc2ccc(-c3cccc(-c4ccc5cccc(OC(=O)[C@](CO)(c6ccccc6)C(F)(F)F)c5n4)n3)nc12)c1ccccc1. The van der Waals surface area contributed by atoms with Gasteiger partial charge in [0, 0.05) is 53.3 Å². The Kier molecular flexibility index (Phi) is 25.5. The molecule has 0 saturated heterocycles. The lowest BCUT2D eigenvalue weighted by molar-refractivity contribution is -0.211. The number of hydrogen-bond donors (Lipinski definition) is 2. The number of aliphatic hydroxyl groups excluding tert-OH is 2. The zero-order chi connectivity index (χ0) is 88.9. The summed E-state index contributed by atoms with van der Waals surface area (Å²) in [5.41, 5.74) is 5.01. The van der Waals surface area contributed by atoms with Crippen LogP contribution in [0.15, 0.2) is 297 Å². The number of nitrogens with zero attached hydrogens (tertiary/aromatic N) is 9. The van der Waals surface area contributed by atoms with Crippen molar-refractivity contribution < 1.29 is 90.0 Å². The van der Waals surface area contributed by atoms with E-state index in [1.807, 2.05) is 152 Å². The summed E-state index contributed by atoms with van der Waals surface area (Å²) >= 11 is 0. The van der Waals surface area contributed by atoms with Gasteiger partial charge in [0.15, 0.2) is 41.0 Å². The third-order valence-corrected chi connectivity index (χ3v) is 20.4. The van der Waals surface area contributed by atoms with E-state index in [4.69, 9.17) is 78.1 Å². The Labute approximate surface area is 722 Å². The van der Waals surface area contributed by atoms with Gasteiger partial charge in [-0.3, -0.25) is 19.2 Å². The molecule has 17 rings (SSSR count). The summed E-state index contributed by atoms with van der Waals surface area (Å²) in [7, 11) is 2.74. The molecule has 0 spiro atoms. The number of alkyl halides is 3. The number of pyridine rings is 9. The minimum atomic E-state index is -5.18. The topological polar surface area (TPSA) is 333 Å². The largest absolute Gasteiger partial charge is 0.483 e. The van der Waals surface area contributed by atoms with Crippen LogP contribution in [0.2, 0.25) is 0 Å². The van der Waals surface area contributed by atoms with Crippen molar-refractivity contribution in [2.45, 2.75) is 38.0 Å². The van der Waals surface area contributed by atoms with Crippen LogP contribution in [-0.2, 0) is 49.3 Å². The summed E-state index contributed by atoms with van der Waals surface area (Å²) < 4.78 is 87.2. The van der Waals surface area contributed by atoms with Crippen LogP contribution in [0.5, 0.6) is 34.5 Å². The molecule has 2 atom stereocenters. The summed E-state index contributed by atoms with van der Waals surface area (Å²) in [5, 5.41) is 23.7. The first kappa shape index (κ1) is 85.9. The van der Waals surface area contributed by atoms with E-state index in [-0.39, 0.29) is 30.2 Å². The molecule has 0 bridgehead atoms. The van der Waals surface area contributed by atoms with Gasteiger partial charge in [-0.15, -0.1) is 0 Å². The summed E-state index contributed by atoms with van der Waals surface area (Å²) in [5.74, 6) is -2.35. The van der Waals surface area contributed by atoms with Crippen molar-refractivity contribution in [2.24, 2.45) is 0 Å². The fraction of sp³-hybridized carbons (Fsp3) is 0.121. The first-order valence-corrected chi connectivity index (χ1v) is 39.4. The number of para-hydroxylation sites is 6. The van der Waals surface area contributed by atoms with E-state index < -0.39 is 71.6 Å². The molecule has 0 saturated carbocycles. The molecule has 9 heterocycles.